The lowest BCUT2D eigenvalue weighted by Crippen LogP contribution is -2.50. The van der Waals surface area contributed by atoms with E-state index in [1.807, 2.05) is 0 Å². The van der Waals surface area contributed by atoms with Gasteiger partial charge in [-0.15, -0.1) is 0 Å². The van der Waals surface area contributed by atoms with Crippen molar-refractivity contribution >= 4 is 23.7 Å². The van der Waals surface area contributed by atoms with Gasteiger partial charge in [0.2, 0.25) is 24.8 Å². The predicted octanol–water partition coefficient (Wildman–Crippen LogP) is -3.29. The van der Waals surface area contributed by atoms with E-state index in [2.05, 4.69) is 20.2 Å². The van der Waals surface area contributed by atoms with Crippen molar-refractivity contribution in [3.8, 4) is 11.5 Å². The second-order valence-electron chi connectivity index (χ2n) is 8.12. The first-order valence-corrected chi connectivity index (χ1v) is 11.0. The van der Waals surface area contributed by atoms with Crippen molar-refractivity contribution in [1.29, 1.82) is 0 Å². The molecule has 0 aromatic carbocycles. The fourth-order valence-electron chi connectivity index (χ4n) is 3.77. The van der Waals surface area contributed by atoms with Gasteiger partial charge in [-0.25, -0.2) is 9.98 Å². The Labute approximate surface area is 207 Å². The number of nitrogens with zero attached hydrogens (tertiary/aromatic N) is 6. The molecule has 2 heterocycles. The number of hydrogen-bond acceptors (Lipinski definition) is 6. The zero-order valence-electron chi connectivity index (χ0n) is 19.9. The molecule has 1 saturated carbocycles. The Hall–Kier alpha value is -4.82. The van der Waals surface area contributed by atoms with Crippen molar-refractivity contribution in [3.05, 3.63) is 49.1 Å². The van der Waals surface area contributed by atoms with Gasteiger partial charge in [-0.2, -0.15) is 0 Å². The van der Waals surface area contributed by atoms with Crippen LogP contribution in [0.3, 0.4) is 0 Å². The number of nitrogens with two attached hydrogens (primary N) is 7. The van der Waals surface area contributed by atoms with Gasteiger partial charge in [0, 0.05) is 40.9 Å². The second kappa shape index (κ2) is 11.5. The van der Waals surface area contributed by atoms with Crippen LogP contribution < -0.4 is 59.0 Å². The molecule has 15 heteroatoms. The van der Waals surface area contributed by atoms with Crippen molar-refractivity contribution in [2.45, 2.75) is 44.1 Å². The molecule has 36 heavy (non-hydrogen) atoms. The Bertz CT molecular complexity index is 1040. The van der Waals surface area contributed by atoms with E-state index in [1.165, 1.54) is 4.68 Å². The smallest absolute Gasteiger partial charge is 0.257 e. The molecule has 0 amide bonds. The summed E-state index contributed by atoms with van der Waals surface area (Å²) in [6.07, 6.45) is 6.62. The molecule has 4 atom stereocenters. The third-order valence-electron chi connectivity index (χ3n) is 5.08. The SMILES string of the molecule is CC(N)=N[n+]1ccc(O[C@H]2C[C@@H](Oc3cc[n+](N=C(N)N)cc3)[C@H](N=C(N)N)C[C@@H]2N=C(N)N)cc1. The molecule has 15 nitrogen and oxygen atoms in total. The van der Waals surface area contributed by atoms with Crippen LogP contribution in [0.1, 0.15) is 19.8 Å². The molecule has 1 aliphatic rings. The number of pyridine rings is 2. The molecule has 1 fully saturated rings. The van der Waals surface area contributed by atoms with E-state index < -0.39 is 24.3 Å². The average molecular weight is 500 g/mol. The van der Waals surface area contributed by atoms with E-state index in [9.17, 15) is 0 Å². The molecule has 1 aliphatic carbocycles. The minimum atomic E-state index is -0.445. The zero-order chi connectivity index (χ0) is 26.2. The highest BCUT2D eigenvalue weighted by atomic mass is 16.5. The lowest BCUT2D eigenvalue weighted by molar-refractivity contribution is -0.679. The highest BCUT2D eigenvalue weighted by Gasteiger charge is 2.40. The largest absolute Gasteiger partial charge is 0.488 e. The van der Waals surface area contributed by atoms with Gasteiger partial charge >= 0.3 is 0 Å². The van der Waals surface area contributed by atoms with Gasteiger partial charge in [-0.3, -0.25) is 0 Å². The van der Waals surface area contributed by atoms with Crippen LogP contribution in [0.25, 0.3) is 0 Å². The van der Waals surface area contributed by atoms with Gasteiger partial charge in [0.25, 0.3) is 5.96 Å². The predicted molar refractivity (Wildman–Crippen MR) is 134 cm³/mol. The van der Waals surface area contributed by atoms with Gasteiger partial charge in [-0.05, 0) is 13.3 Å². The maximum Gasteiger partial charge on any atom is 0.257 e. The third kappa shape index (κ3) is 7.61. The van der Waals surface area contributed by atoms with E-state index in [0.29, 0.717) is 30.2 Å². The second-order valence-corrected chi connectivity index (χ2v) is 8.12. The van der Waals surface area contributed by atoms with Crippen LogP contribution in [0.4, 0.5) is 0 Å². The van der Waals surface area contributed by atoms with E-state index >= 15 is 0 Å². The van der Waals surface area contributed by atoms with E-state index in [-0.39, 0.29) is 17.9 Å². The van der Waals surface area contributed by atoms with Crippen molar-refractivity contribution in [2.75, 3.05) is 0 Å². The highest BCUT2D eigenvalue weighted by molar-refractivity contribution is 5.77. The fourth-order valence-corrected chi connectivity index (χ4v) is 3.77. The van der Waals surface area contributed by atoms with Crippen LogP contribution in [-0.4, -0.2) is 48.0 Å². The van der Waals surface area contributed by atoms with E-state index in [0.717, 1.165) is 0 Å². The highest BCUT2D eigenvalue weighted by Crippen LogP contribution is 2.31. The molecule has 0 unspecified atom stereocenters. The summed E-state index contributed by atoms with van der Waals surface area (Å²) >= 11 is 0. The number of guanidine groups is 3. The summed E-state index contributed by atoms with van der Waals surface area (Å²) in [5.41, 5.74) is 39.2. The summed E-state index contributed by atoms with van der Waals surface area (Å²) in [7, 11) is 0. The van der Waals surface area contributed by atoms with Crippen LogP contribution in [0.15, 0.2) is 69.2 Å². The molecule has 2 aromatic heterocycles. The molecule has 14 N–H and O–H groups in total. The van der Waals surface area contributed by atoms with Crippen LogP contribution in [0.5, 0.6) is 11.5 Å². The summed E-state index contributed by atoms with van der Waals surface area (Å²) in [5, 5.41) is 8.06. The number of aliphatic imine (C=N–C) groups is 2. The van der Waals surface area contributed by atoms with Gasteiger partial charge < -0.3 is 49.6 Å². The standard InChI is InChI=1S/C21H33N13O2/c1-12(22)31-33-6-2-13(3-7-33)35-17-11-18(16(30-20(25)26)10-15(17)29-19(23)24)36-14-4-8-34(9-5-14)32-21(27)28/h2-9,15-18H,10-11H2,1H3,(H2,22,31)(H4,23,24,29)(H4,25,26,30)(H4,27,28,32)/q+2/t15-,16+,17-,18+/m0/s1. The van der Waals surface area contributed by atoms with Crippen LogP contribution >= 0.6 is 0 Å². The van der Waals surface area contributed by atoms with Gasteiger partial charge in [0.05, 0.1) is 12.1 Å². The summed E-state index contributed by atoms with van der Waals surface area (Å²) in [5.74, 6) is 1.36. The first-order chi connectivity index (χ1) is 17.1. The molecule has 0 spiro atoms. The number of ether oxygens (including phenoxy) is 2. The summed E-state index contributed by atoms with van der Waals surface area (Å²) < 4.78 is 15.5. The van der Waals surface area contributed by atoms with Gasteiger partial charge in [0.1, 0.15) is 23.7 Å². The topological polar surface area (TPSA) is 258 Å². The Morgan fingerprint density at radius 1 is 0.667 bits per heavy atom. The van der Waals surface area contributed by atoms with Crippen molar-refractivity contribution < 1.29 is 18.8 Å². The molecule has 192 valence electrons. The lowest BCUT2D eigenvalue weighted by atomic mass is 9.86. The van der Waals surface area contributed by atoms with Gasteiger partial charge in [0.15, 0.2) is 17.8 Å². The van der Waals surface area contributed by atoms with Crippen molar-refractivity contribution in [3.63, 3.8) is 0 Å². The first kappa shape index (κ1) is 25.8. The van der Waals surface area contributed by atoms with E-state index in [1.54, 1.807) is 60.7 Å². The monoisotopic (exact) mass is 499 g/mol. The summed E-state index contributed by atoms with van der Waals surface area (Å²) in [6, 6.07) is 6.11. The molecular weight excluding hydrogens is 466 g/mol. The number of rotatable bonds is 8. The minimum absolute atomic E-state index is 0.0672. The minimum Gasteiger partial charge on any atom is -0.488 e. The summed E-state index contributed by atoms with van der Waals surface area (Å²) in [4.78, 5) is 8.72. The number of aromatic nitrogens is 2. The van der Waals surface area contributed by atoms with Gasteiger partial charge in [-0.1, -0.05) is 9.35 Å². The maximum absolute atomic E-state index is 6.26. The molecule has 0 aliphatic heterocycles. The van der Waals surface area contributed by atoms with Crippen LogP contribution in [-0.2, 0) is 0 Å². The third-order valence-corrected chi connectivity index (χ3v) is 5.08. The molecule has 0 radical (unpaired) electrons. The normalized spacial score (nSPS) is 21.6. The molecule has 2 aromatic rings. The Balaban J connectivity index is 1.85. The summed E-state index contributed by atoms with van der Waals surface area (Å²) in [6.45, 7) is 1.69. The lowest BCUT2D eigenvalue weighted by Gasteiger charge is -2.38. The van der Waals surface area contributed by atoms with Crippen molar-refractivity contribution in [1.82, 2.24) is 0 Å². The number of hydrogen-bond donors (Lipinski definition) is 7. The molecule has 0 saturated heterocycles. The maximum atomic E-state index is 6.26. The Kier molecular flexibility index (Phi) is 8.27. The van der Waals surface area contributed by atoms with Crippen molar-refractivity contribution in [2.24, 2.45) is 60.3 Å². The molecular formula is C21H33N13O2+2. The zero-order valence-corrected chi connectivity index (χ0v) is 19.9. The molecule has 3 rings (SSSR count). The van der Waals surface area contributed by atoms with Crippen LogP contribution in [0, 0.1) is 0 Å². The fraction of sp³-hybridized carbons (Fsp3) is 0.333. The quantitative estimate of drug-likeness (QED) is 0.109. The van der Waals surface area contributed by atoms with Crippen LogP contribution in [0.2, 0.25) is 0 Å². The average Bonchev–Trinajstić information content (AvgIpc) is 2.77. The Morgan fingerprint density at radius 3 is 1.44 bits per heavy atom. The Morgan fingerprint density at radius 2 is 1.08 bits per heavy atom. The number of amidine groups is 1. The van der Waals surface area contributed by atoms with E-state index in [4.69, 9.17) is 49.6 Å². The molecule has 0 bridgehead atoms. The first-order valence-electron chi connectivity index (χ1n) is 11.0.